The van der Waals surface area contributed by atoms with E-state index in [0.29, 0.717) is 5.69 Å². The molecule has 0 fully saturated rings. The van der Waals surface area contributed by atoms with Gasteiger partial charge in [-0.1, -0.05) is 29.8 Å². The number of hydrogen-bond donors (Lipinski definition) is 1. The molecule has 0 radical (unpaired) electrons. The maximum Gasteiger partial charge on any atom is 0.339 e. The van der Waals surface area contributed by atoms with Crippen LogP contribution in [0.4, 0.5) is 11.4 Å². The van der Waals surface area contributed by atoms with Crippen molar-refractivity contribution < 1.29 is 22.7 Å². The van der Waals surface area contributed by atoms with Gasteiger partial charge in [-0.05, 0) is 84.1 Å². The maximum atomic E-state index is 13.3. The molecule has 1 amide bonds. The van der Waals surface area contributed by atoms with Crippen molar-refractivity contribution in [1.29, 1.82) is 0 Å². The third-order valence-corrected chi connectivity index (χ3v) is 7.32. The van der Waals surface area contributed by atoms with Crippen LogP contribution < -0.4 is 9.62 Å². The molecule has 1 N–H and O–H groups in total. The zero-order valence-corrected chi connectivity index (χ0v) is 21.2. The number of nitrogens with zero attached hydrogens (tertiary/aromatic N) is 1. The van der Waals surface area contributed by atoms with Gasteiger partial charge >= 0.3 is 5.97 Å². The fourth-order valence-electron chi connectivity index (χ4n) is 2.94. The van der Waals surface area contributed by atoms with Gasteiger partial charge in [-0.3, -0.25) is 9.10 Å². The fraction of sp³-hybridized carbons (Fsp3) is 0.130. The van der Waals surface area contributed by atoms with E-state index in [2.05, 4.69) is 27.9 Å². The zero-order valence-electron chi connectivity index (χ0n) is 17.5. The Morgan fingerprint density at radius 1 is 1.03 bits per heavy atom. The van der Waals surface area contributed by atoms with Crippen LogP contribution in [0.2, 0.25) is 5.02 Å². The minimum atomic E-state index is -4.02. The molecule has 172 valence electrons. The molecule has 7 nitrogen and oxygen atoms in total. The van der Waals surface area contributed by atoms with Crippen LogP contribution in [-0.4, -0.2) is 33.4 Å². The Bertz CT molecular complexity index is 1250. The van der Waals surface area contributed by atoms with Gasteiger partial charge in [0.25, 0.3) is 10.0 Å². The molecule has 0 aliphatic rings. The van der Waals surface area contributed by atoms with Crippen LogP contribution >= 0.6 is 34.2 Å². The van der Waals surface area contributed by atoms with Crippen molar-refractivity contribution >= 4 is 67.5 Å². The van der Waals surface area contributed by atoms with Crippen molar-refractivity contribution in [2.75, 3.05) is 22.8 Å². The van der Waals surface area contributed by atoms with Crippen molar-refractivity contribution in [3.8, 4) is 0 Å². The summed E-state index contributed by atoms with van der Waals surface area (Å²) >= 11 is 8.18. The first-order chi connectivity index (χ1) is 15.7. The summed E-state index contributed by atoms with van der Waals surface area (Å²) in [6.07, 6.45) is 0. The second-order valence-corrected chi connectivity index (χ2v) is 10.3. The fourth-order valence-corrected chi connectivity index (χ4v) is 4.94. The highest BCUT2D eigenvalue weighted by molar-refractivity contribution is 14.1. The van der Waals surface area contributed by atoms with Gasteiger partial charge in [0.2, 0.25) is 5.91 Å². The van der Waals surface area contributed by atoms with Gasteiger partial charge in [0.15, 0.2) is 0 Å². The van der Waals surface area contributed by atoms with Gasteiger partial charge in [-0.25, -0.2) is 13.2 Å². The van der Waals surface area contributed by atoms with E-state index in [1.807, 2.05) is 0 Å². The van der Waals surface area contributed by atoms with Crippen molar-refractivity contribution in [2.24, 2.45) is 0 Å². The first-order valence-corrected chi connectivity index (χ1v) is 12.7. The topological polar surface area (TPSA) is 92.8 Å². The molecular formula is C23H20ClIN2O5S. The van der Waals surface area contributed by atoms with E-state index in [-0.39, 0.29) is 27.8 Å². The summed E-state index contributed by atoms with van der Waals surface area (Å²) < 4.78 is 33.6. The van der Waals surface area contributed by atoms with Crippen molar-refractivity contribution in [2.45, 2.75) is 11.8 Å². The molecule has 3 aromatic rings. The molecule has 33 heavy (non-hydrogen) atoms. The summed E-state index contributed by atoms with van der Waals surface area (Å²) in [5.41, 5.74) is 0.729. The Balaban J connectivity index is 1.89. The lowest BCUT2D eigenvalue weighted by Crippen LogP contribution is -2.38. The number of halogens is 2. The third kappa shape index (κ3) is 6.24. The Morgan fingerprint density at radius 3 is 2.33 bits per heavy atom. The van der Waals surface area contributed by atoms with E-state index in [1.54, 1.807) is 49.4 Å². The second kappa shape index (κ2) is 11.0. The third-order valence-electron chi connectivity index (χ3n) is 4.48. The lowest BCUT2D eigenvalue weighted by atomic mass is 10.2. The van der Waals surface area contributed by atoms with Gasteiger partial charge in [0.1, 0.15) is 6.54 Å². The molecule has 3 rings (SSSR count). The van der Waals surface area contributed by atoms with E-state index >= 15 is 0 Å². The number of carbonyl (C=O) groups excluding carboxylic acids is 2. The van der Waals surface area contributed by atoms with Crippen LogP contribution in [0, 0.1) is 3.57 Å². The molecule has 0 spiro atoms. The minimum Gasteiger partial charge on any atom is -0.462 e. The van der Waals surface area contributed by atoms with E-state index in [0.717, 1.165) is 7.88 Å². The van der Waals surface area contributed by atoms with Crippen LogP contribution in [0.3, 0.4) is 0 Å². The van der Waals surface area contributed by atoms with E-state index in [4.69, 9.17) is 16.3 Å². The second-order valence-electron chi connectivity index (χ2n) is 6.76. The maximum absolute atomic E-state index is 13.3. The Morgan fingerprint density at radius 2 is 1.70 bits per heavy atom. The van der Waals surface area contributed by atoms with E-state index in [1.165, 1.54) is 30.3 Å². The molecule has 0 heterocycles. The molecular weight excluding hydrogens is 579 g/mol. The summed E-state index contributed by atoms with van der Waals surface area (Å²) in [5, 5.41) is 2.81. The first-order valence-electron chi connectivity index (χ1n) is 9.82. The zero-order chi connectivity index (χ0) is 24.0. The van der Waals surface area contributed by atoms with E-state index in [9.17, 15) is 18.0 Å². The molecule has 0 saturated heterocycles. The van der Waals surface area contributed by atoms with Crippen LogP contribution in [0.5, 0.6) is 0 Å². The van der Waals surface area contributed by atoms with E-state index < -0.39 is 28.4 Å². The monoisotopic (exact) mass is 598 g/mol. The molecule has 0 atom stereocenters. The minimum absolute atomic E-state index is 0.0624. The predicted molar refractivity (Wildman–Crippen MR) is 136 cm³/mol. The van der Waals surface area contributed by atoms with Crippen molar-refractivity contribution in [1.82, 2.24) is 0 Å². The number of amides is 1. The SMILES string of the molecule is CCOC(=O)c1cc(NC(=O)CN(c2ccc(I)cc2)S(=O)(=O)c2ccccc2)ccc1Cl. The van der Waals surface area contributed by atoms with Crippen molar-refractivity contribution in [3.05, 3.63) is 87.0 Å². The lowest BCUT2D eigenvalue weighted by molar-refractivity contribution is -0.114. The van der Waals surface area contributed by atoms with Crippen LogP contribution in [0.1, 0.15) is 17.3 Å². The summed E-state index contributed by atoms with van der Waals surface area (Å²) in [5.74, 6) is -1.21. The Labute approximate surface area is 210 Å². The van der Waals surface area contributed by atoms with Gasteiger partial charge in [-0.2, -0.15) is 0 Å². The lowest BCUT2D eigenvalue weighted by Gasteiger charge is -2.24. The van der Waals surface area contributed by atoms with Gasteiger partial charge in [0.05, 0.1) is 27.8 Å². The molecule has 0 bridgehead atoms. The highest BCUT2D eigenvalue weighted by atomic mass is 127. The number of carbonyl (C=O) groups is 2. The Hall–Kier alpha value is -2.63. The first kappa shape index (κ1) is 25.0. The molecule has 0 saturated carbocycles. The van der Waals surface area contributed by atoms with Crippen molar-refractivity contribution in [3.63, 3.8) is 0 Å². The van der Waals surface area contributed by atoms with Gasteiger partial charge < -0.3 is 10.1 Å². The average Bonchev–Trinajstić information content (AvgIpc) is 2.80. The highest BCUT2D eigenvalue weighted by Crippen LogP contribution is 2.25. The largest absolute Gasteiger partial charge is 0.462 e. The normalized spacial score (nSPS) is 11.0. The average molecular weight is 599 g/mol. The molecule has 10 heteroatoms. The standard InChI is InChI=1S/C23H20ClIN2O5S/c1-2-32-23(29)20-14-17(10-13-21(20)24)26-22(28)15-27(18-11-8-16(25)9-12-18)33(30,31)19-6-4-3-5-7-19/h3-14H,2,15H2,1H3,(H,26,28). The molecule has 3 aromatic carbocycles. The van der Waals surface area contributed by atoms with Gasteiger partial charge in [-0.15, -0.1) is 0 Å². The molecule has 0 aliphatic carbocycles. The summed E-state index contributed by atoms with van der Waals surface area (Å²) in [6, 6.07) is 19.0. The van der Waals surface area contributed by atoms with Crippen LogP contribution in [0.25, 0.3) is 0 Å². The summed E-state index contributed by atoms with van der Waals surface area (Å²) in [4.78, 5) is 25.0. The molecule has 0 aromatic heterocycles. The van der Waals surface area contributed by atoms with Gasteiger partial charge in [0, 0.05) is 9.26 Å². The van der Waals surface area contributed by atoms with Crippen LogP contribution in [-0.2, 0) is 19.6 Å². The number of esters is 1. The van der Waals surface area contributed by atoms with Crippen LogP contribution in [0.15, 0.2) is 77.7 Å². The Kier molecular flexibility index (Phi) is 8.33. The number of anilines is 2. The quantitative estimate of drug-likeness (QED) is 0.293. The highest BCUT2D eigenvalue weighted by Gasteiger charge is 2.27. The number of rotatable bonds is 8. The molecule has 0 unspecified atom stereocenters. The number of ether oxygens (including phenoxy) is 1. The number of hydrogen-bond acceptors (Lipinski definition) is 5. The number of nitrogens with one attached hydrogen (secondary N) is 1. The summed E-state index contributed by atoms with van der Waals surface area (Å²) in [6.45, 7) is 1.37. The summed E-state index contributed by atoms with van der Waals surface area (Å²) in [7, 11) is -4.02. The molecule has 0 aliphatic heterocycles. The number of sulfonamides is 1. The predicted octanol–water partition coefficient (Wildman–Crippen LogP) is 4.96. The number of benzene rings is 3. The smallest absolute Gasteiger partial charge is 0.339 e.